The van der Waals surface area contributed by atoms with Crippen molar-refractivity contribution in [3.05, 3.63) is 102 Å². The number of nitrogens with zero attached hydrogens (tertiary/aromatic N) is 2. The number of benzene rings is 4. The largest absolute Gasteiger partial charge is 0.343 e. The van der Waals surface area contributed by atoms with Gasteiger partial charge in [-0.1, -0.05) is 60.3 Å². The van der Waals surface area contributed by atoms with Crippen LogP contribution < -0.4 is 4.90 Å². The molecule has 0 aromatic heterocycles. The van der Waals surface area contributed by atoms with Gasteiger partial charge in [-0.15, -0.1) is 0 Å². The molecule has 0 saturated carbocycles. The molecule has 3 heteroatoms. The first-order valence-corrected chi connectivity index (χ1v) is 11.0. The Morgan fingerprint density at radius 2 is 1.57 bits per heavy atom. The molecule has 0 N–H and O–H groups in total. The van der Waals surface area contributed by atoms with Crippen molar-refractivity contribution in [2.24, 2.45) is 4.99 Å². The Bertz CT molecular complexity index is 1320. The van der Waals surface area contributed by atoms with E-state index in [0.29, 0.717) is 0 Å². The molecule has 1 aliphatic heterocycles. The van der Waals surface area contributed by atoms with Crippen molar-refractivity contribution in [3.8, 4) is 11.1 Å². The molecule has 0 amide bonds. The number of fused-ring (bicyclic) bond motifs is 5. The van der Waals surface area contributed by atoms with Crippen LogP contribution in [0, 0.1) is 0 Å². The van der Waals surface area contributed by atoms with Gasteiger partial charge in [0.25, 0.3) is 0 Å². The minimum absolute atomic E-state index is 0.996. The van der Waals surface area contributed by atoms with Crippen molar-refractivity contribution in [3.63, 3.8) is 0 Å². The van der Waals surface area contributed by atoms with Gasteiger partial charge in [0, 0.05) is 23.1 Å². The van der Waals surface area contributed by atoms with E-state index in [1.54, 1.807) is 0 Å². The van der Waals surface area contributed by atoms with Gasteiger partial charge in [-0.25, -0.2) is 0 Å². The molecule has 0 saturated heterocycles. The molecule has 4 aromatic carbocycles. The van der Waals surface area contributed by atoms with Crippen LogP contribution in [0.15, 0.2) is 99.7 Å². The van der Waals surface area contributed by atoms with E-state index in [4.69, 9.17) is 4.99 Å². The first-order chi connectivity index (χ1) is 14.8. The average molecular weight is 405 g/mol. The zero-order valence-corrected chi connectivity index (χ0v) is 17.5. The van der Waals surface area contributed by atoms with Gasteiger partial charge < -0.3 is 4.90 Å². The van der Waals surface area contributed by atoms with Gasteiger partial charge in [0.1, 0.15) is 0 Å². The molecule has 0 fully saturated rings. The van der Waals surface area contributed by atoms with Crippen LogP contribution in [0.2, 0.25) is 0 Å². The maximum Gasteiger partial charge on any atom is 0.0633 e. The highest BCUT2D eigenvalue weighted by Gasteiger charge is 2.20. The van der Waals surface area contributed by atoms with E-state index in [-0.39, 0.29) is 0 Å². The SMILES string of the molecule is CN1c2ccccc2Sc2cc(C=Nc3ccc4c(c3)Cc3ccccc3-4)ccc21. The second kappa shape index (κ2) is 6.89. The van der Waals surface area contributed by atoms with Crippen LogP contribution in [0.1, 0.15) is 16.7 Å². The minimum Gasteiger partial charge on any atom is -0.343 e. The Hall–Kier alpha value is -3.30. The topological polar surface area (TPSA) is 15.6 Å². The molecule has 1 aliphatic carbocycles. The fourth-order valence-electron chi connectivity index (χ4n) is 4.40. The van der Waals surface area contributed by atoms with Gasteiger partial charge in [0.05, 0.1) is 17.1 Å². The van der Waals surface area contributed by atoms with E-state index in [0.717, 1.165) is 17.7 Å². The molecule has 1 heterocycles. The molecule has 0 bridgehead atoms. The molecule has 0 spiro atoms. The molecule has 144 valence electrons. The number of aliphatic imine (C=N–C) groups is 1. The van der Waals surface area contributed by atoms with Crippen LogP contribution in [0.3, 0.4) is 0 Å². The summed E-state index contributed by atoms with van der Waals surface area (Å²) in [5.74, 6) is 0. The molecular formula is C27H20N2S. The fourth-order valence-corrected chi connectivity index (χ4v) is 5.60. The predicted molar refractivity (Wildman–Crippen MR) is 127 cm³/mol. The third-order valence-corrected chi connectivity index (χ3v) is 7.04. The molecule has 2 aliphatic rings. The molecule has 0 radical (unpaired) electrons. The normalized spacial score (nSPS) is 13.7. The first kappa shape index (κ1) is 17.5. The zero-order valence-electron chi connectivity index (χ0n) is 16.7. The number of hydrogen-bond acceptors (Lipinski definition) is 3. The summed E-state index contributed by atoms with van der Waals surface area (Å²) >= 11 is 1.83. The Morgan fingerprint density at radius 3 is 2.53 bits per heavy atom. The van der Waals surface area contributed by atoms with E-state index in [1.165, 1.54) is 43.4 Å². The second-order valence-corrected chi connectivity index (χ2v) is 8.87. The van der Waals surface area contributed by atoms with Crippen molar-refractivity contribution in [2.75, 3.05) is 11.9 Å². The molecule has 0 atom stereocenters. The maximum atomic E-state index is 4.78. The minimum atomic E-state index is 0.996. The number of para-hydroxylation sites is 1. The van der Waals surface area contributed by atoms with Gasteiger partial charge in [-0.3, -0.25) is 4.99 Å². The lowest BCUT2D eigenvalue weighted by Crippen LogP contribution is -2.14. The summed E-state index contributed by atoms with van der Waals surface area (Å²) in [7, 11) is 2.13. The third kappa shape index (κ3) is 2.86. The van der Waals surface area contributed by atoms with Crippen molar-refractivity contribution < 1.29 is 0 Å². The summed E-state index contributed by atoms with van der Waals surface area (Å²) in [5, 5.41) is 0. The summed E-state index contributed by atoms with van der Waals surface area (Å²) in [6, 6.07) is 30.4. The summed E-state index contributed by atoms with van der Waals surface area (Å²) in [6.45, 7) is 0. The third-order valence-electron chi connectivity index (χ3n) is 5.93. The van der Waals surface area contributed by atoms with E-state index < -0.39 is 0 Å². The van der Waals surface area contributed by atoms with E-state index in [1.807, 2.05) is 18.0 Å². The number of anilines is 2. The Kier molecular flexibility index (Phi) is 4.03. The van der Waals surface area contributed by atoms with Crippen molar-refractivity contribution >= 4 is 35.0 Å². The average Bonchev–Trinajstić information content (AvgIpc) is 3.15. The Balaban J connectivity index is 1.28. The summed E-state index contributed by atoms with van der Waals surface area (Å²) in [6.07, 6.45) is 2.97. The van der Waals surface area contributed by atoms with E-state index in [9.17, 15) is 0 Å². The Morgan fingerprint density at radius 1 is 0.767 bits per heavy atom. The van der Waals surface area contributed by atoms with Gasteiger partial charge in [0.2, 0.25) is 0 Å². The van der Waals surface area contributed by atoms with Crippen LogP contribution in [-0.4, -0.2) is 13.3 Å². The van der Waals surface area contributed by atoms with Crippen LogP contribution in [0.4, 0.5) is 17.1 Å². The highest BCUT2D eigenvalue weighted by molar-refractivity contribution is 7.99. The Labute approximate surface area is 180 Å². The number of hydrogen-bond donors (Lipinski definition) is 0. The quantitative estimate of drug-likeness (QED) is 0.288. The predicted octanol–water partition coefficient (Wildman–Crippen LogP) is 7.24. The molecule has 6 rings (SSSR count). The lowest BCUT2D eigenvalue weighted by Gasteiger charge is -2.29. The van der Waals surface area contributed by atoms with Crippen LogP contribution in [0.25, 0.3) is 11.1 Å². The van der Waals surface area contributed by atoms with Crippen molar-refractivity contribution in [1.82, 2.24) is 0 Å². The molecule has 30 heavy (non-hydrogen) atoms. The van der Waals surface area contributed by atoms with Crippen LogP contribution >= 0.6 is 11.8 Å². The summed E-state index contributed by atoms with van der Waals surface area (Å²) in [5.41, 5.74) is 10.1. The maximum absolute atomic E-state index is 4.78. The lowest BCUT2D eigenvalue weighted by atomic mass is 10.1. The van der Waals surface area contributed by atoms with E-state index >= 15 is 0 Å². The standard InChI is InChI=1S/C27H20N2S/c1-29-24-8-4-5-9-26(24)30-27-14-18(10-13-25(27)29)17-28-21-11-12-23-20(16-21)15-19-6-2-3-7-22(19)23/h2-14,16-17H,15H2,1H3. The van der Waals surface area contributed by atoms with Gasteiger partial charge >= 0.3 is 0 Å². The lowest BCUT2D eigenvalue weighted by molar-refractivity contribution is 1.11. The zero-order chi connectivity index (χ0) is 20.1. The number of rotatable bonds is 2. The van der Waals surface area contributed by atoms with Crippen LogP contribution in [0.5, 0.6) is 0 Å². The molecule has 0 unspecified atom stereocenters. The summed E-state index contributed by atoms with van der Waals surface area (Å²) in [4.78, 5) is 9.60. The van der Waals surface area contributed by atoms with Gasteiger partial charge in [-0.2, -0.15) is 0 Å². The molecular weight excluding hydrogens is 384 g/mol. The first-order valence-electron chi connectivity index (χ1n) is 10.2. The smallest absolute Gasteiger partial charge is 0.0633 e. The highest BCUT2D eigenvalue weighted by atomic mass is 32.2. The van der Waals surface area contributed by atoms with Crippen molar-refractivity contribution in [2.45, 2.75) is 16.2 Å². The summed E-state index contributed by atoms with van der Waals surface area (Å²) < 4.78 is 0. The highest BCUT2D eigenvalue weighted by Crippen LogP contribution is 2.47. The van der Waals surface area contributed by atoms with Crippen molar-refractivity contribution in [1.29, 1.82) is 0 Å². The van der Waals surface area contributed by atoms with Crippen LogP contribution in [-0.2, 0) is 6.42 Å². The van der Waals surface area contributed by atoms with Gasteiger partial charge in [0.15, 0.2) is 0 Å². The molecule has 2 nitrogen and oxygen atoms in total. The fraction of sp³-hybridized carbons (Fsp3) is 0.0741. The monoisotopic (exact) mass is 404 g/mol. The van der Waals surface area contributed by atoms with E-state index in [2.05, 4.69) is 96.9 Å². The van der Waals surface area contributed by atoms with Gasteiger partial charge in [-0.05, 0) is 70.6 Å². The molecule has 4 aromatic rings. The second-order valence-electron chi connectivity index (χ2n) is 7.79.